The number of hydrogen-bond acceptors (Lipinski definition) is 5. The number of imide groups is 1. The monoisotopic (exact) mass is 549 g/mol. The number of halogens is 2. The Morgan fingerprint density at radius 1 is 0.921 bits per heavy atom. The lowest BCUT2D eigenvalue weighted by Gasteiger charge is -2.54. The summed E-state index contributed by atoms with van der Waals surface area (Å²) in [5.41, 5.74) is 3.14. The SMILES string of the molecule is Cc1ccc(NC(=O)[C@H](C)N2C(=O)[C@@H]3[C@@H](C2=O)C2(Cl)c4ccccc4C3(Cl)c3ccccc32)cc1[N+](=O)[O-]. The normalized spacial score (nSPS) is 27.4. The maximum atomic E-state index is 14.0. The van der Waals surface area contributed by atoms with Crippen molar-refractivity contribution < 1.29 is 19.3 Å². The zero-order chi connectivity index (χ0) is 27.1. The number of amides is 3. The van der Waals surface area contributed by atoms with Crippen molar-refractivity contribution in [3.63, 3.8) is 0 Å². The molecule has 3 atom stereocenters. The smallest absolute Gasteiger partial charge is 0.274 e. The van der Waals surface area contributed by atoms with Crippen molar-refractivity contribution >= 4 is 52.3 Å². The van der Waals surface area contributed by atoms with Gasteiger partial charge >= 0.3 is 0 Å². The minimum atomic E-state index is -1.34. The van der Waals surface area contributed by atoms with E-state index in [1.807, 2.05) is 48.5 Å². The maximum absolute atomic E-state index is 14.0. The largest absolute Gasteiger partial charge is 0.324 e. The summed E-state index contributed by atoms with van der Waals surface area (Å²) < 4.78 is 0. The average Bonchev–Trinajstić information content (AvgIpc) is 3.18. The van der Waals surface area contributed by atoms with Gasteiger partial charge in [-0.25, -0.2) is 0 Å². The highest BCUT2D eigenvalue weighted by atomic mass is 35.5. The number of carbonyl (C=O) groups is 3. The number of likely N-dealkylation sites (tertiary alicyclic amines) is 1. The van der Waals surface area contributed by atoms with Crippen LogP contribution in [0, 0.1) is 28.9 Å². The number of alkyl halides is 2. The molecule has 1 aliphatic heterocycles. The molecule has 3 aromatic carbocycles. The van der Waals surface area contributed by atoms with Gasteiger partial charge in [-0.3, -0.25) is 29.4 Å². The molecule has 10 heteroatoms. The fraction of sp³-hybridized carbons (Fsp3) is 0.250. The summed E-state index contributed by atoms with van der Waals surface area (Å²) in [5.74, 6) is -3.87. The molecule has 0 aromatic heterocycles. The van der Waals surface area contributed by atoms with Gasteiger partial charge in [-0.15, -0.1) is 23.2 Å². The second-order valence-electron chi connectivity index (χ2n) is 9.94. The molecule has 0 unspecified atom stereocenters. The molecule has 38 heavy (non-hydrogen) atoms. The van der Waals surface area contributed by atoms with Crippen LogP contribution in [-0.4, -0.2) is 33.6 Å². The van der Waals surface area contributed by atoms with Crippen molar-refractivity contribution in [2.24, 2.45) is 11.8 Å². The van der Waals surface area contributed by atoms with Crippen molar-refractivity contribution in [2.75, 3.05) is 5.32 Å². The van der Waals surface area contributed by atoms with Crippen molar-refractivity contribution in [2.45, 2.75) is 29.6 Å². The van der Waals surface area contributed by atoms with Gasteiger partial charge in [-0.2, -0.15) is 0 Å². The van der Waals surface area contributed by atoms with Gasteiger partial charge in [0.25, 0.3) is 5.69 Å². The number of nitrogens with zero attached hydrogens (tertiary/aromatic N) is 2. The summed E-state index contributed by atoms with van der Waals surface area (Å²) in [6, 6.07) is 17.6. The third kappa shape index (κ3) is 2.95. The molecule has 3 aliphatic carbocycles. The summed E-state index contributed by atoms with van der Waals surface area (Å²) >= 11 is 14.8. The number of rotatable bonds is 4. The molecule has 3 aromatic rings. The van der Waals surface area contributed by atoms with Crippen molar-refractivity contribution in [3.05, 3.63) is 105 Å². The molecule has 192 valence electrons. The van der Waals surface area contributed by atoms with Crippen LogP contribution in [0.1, 0.15) is 34.7 Å². The second kappa shape index (κ2) is 8.12. The van der Waals surface area contributed by atoms with Crippen LogP contribution in [0.3, 0.4) is 0 Å². The minimum Gasteiger partial charge on any atom is -0.324 e. The summed E-state index contributed by atoms with van der Waals surface area (Å²) in [4.78, 5) is 50.2. The van der Waals surface area contributed by atoms with E-state index in [4.69, 9.17) is 23.2 Å². The Morgan fingerprint density at radius 3 is 1.79 bits per heavy atom. The van der Waals surface area contributed by atoms with Gasteiger partial charge in [0.2, 0.25) is 17.7 Å². The Morgan fingerprint density at radius 2 is 1.37 bits per heavy atom. The van der Waals surface area contributed by atoms with Crippen LogP contribution < -0.4 is 5.32 Å². The van der Waals surface area contributed by atoms with E-state index in [1.54, 1.807) is 6.92 Å². The third-order valence-electron chi connectivity index (χ3n) is 8.06. The van der Waals surface area contributed by atoms with Gasteiger partial charge < -0.3 is 5.32 Å². The molecule has 0 radical (unpaired) electrons. The van der Waals surface area contributed by atoms with Crippen molar-refractivity contribution in [1.29, 1.82) is 0 Å². The first kappa shape index (κ1) is 24.6. The standard InChI is InChI=1S/C28H21Cl2N3O5/c1-14-11-12-16(13-21(14)33(37)38)31-24(34)15(2)32-25(35)22-23(26(32)36)28(30)18-8-4-3-7-17(18)27(22,29)19-9-5-6-10-20(19)28/h3-13,15,22-23H,1-2H3,(H,31,34)/t15-,22-,23-,27?,28?/m0/s1. The maximum Gasteiger partial charge on any atom is 0.274 e. The topological polar surface area (TPSA) is 110 Å². The number of anilines is 1. The van der Waals surface area contributed by atoms with Crippen LogP contribution in [0.5, 0.6) is 0 Å². The molecule has 2 bridgehead atoms. The molecular weight excluding hydrogens is 529 g/mol. The molecule has 7 rings (SSSR count). The molecule has 1 fully saturated rings. The fourth-order valence-corrected chi connectivity index (χ4v) is 7.42. The lowest BCUT2D eigenvalue weighted by molar-refractivity contribution is -0.385. The van der Waals surface area contributed by atoms with Gasteiger partial charge in [0, 0.05) is 17.3 Å². The number of nitro benzene ring substituents is 1. The number of nitrogens with one attached hydrogen (secondary N) is 1. The van der Waals surface area contributed by atoms with Crippen LogP contribution in [-0.2, 0) is 24.1 Å². The summed E-state index contributed by atoms with van der Waals surface area (Å²) in [6.45, 7) is 3.03. The van der Waals surface area contributed by atoms with E-state index in [-0.39, 0.29) is 11.4 Å². The lowest BCUT2D eigenvalue weighted by atomic mass is 9.54. The molecule has 3 amide bonds. The molecule has 0 spiro atoms. The molecule has 1 saturated heterocycles. The van der Waals surface area contributed by atoms with E-state index in [1.165, 1.54) is 25.1 Å². The van der Waals surface area contributed by atoms with Crippen molar-refractivity contribution in [1.82, 2.24) is 4.90 Å². The Kier molecular flexibility index (Phi) is 5.25. The Labute approximate surface area is 227 Å². The highest BCUT2D eigenvalue weighted by Gasteiger charge is 2.73. The number of nitro groups is 1. The zero-order valence-electron chi connectivity index (χ0n) is 20.3. The van der Waals surface area contributed by atoms with Crippen LogP contribution in [0.25, 0.3) is 0 Å². The molecular formula is C28H21Cl2N3O5. The van der Waals surface area contributed by atoms with Gasteiger partial charge in [-0.1, -0.05) is 54.6 Å². The highest BCUT2D eigenvalue weighted by molar-refractivity contribution is 6.36. The van der Waals surface area contributed by atoms with Crippen molar-refractivity contribution in [3.8, 4) is 0 Å². The minimum absolute atomic E-state index is 0.157. The quantitative estimate of drug-likeness (QED) is 0.217. The Bertz CT molecular complexity index is 1470. The number of hydrogen-bond donors (Lipinski definition) is 1. The van der Waals surface area contributed by atoms with Gasteiger partial charge in [0.15, 0.2) is 0 Å². The van der Waals surface area contributed by atoms with E-state index >= 15 is 0 Å². The first-order valence-corrected chi connectivity index (χ1v) is 12.8. The third-order valence-corrected chi connectivity index (χ3v) is 9.34. The molecule has 0 saturated carbocycles. The average molecular weight is 550 g/mol. The molecule has 8 nitrogen and oxygen atoms in total. The molecule has 1 heterocycles. The Balaban J connectivity index is 1.41. The highest BCUT2D eigenvalue weighted by Crippen LogP contribution is 2.69. The second-order valence-corrected chi connectivity index (χ2v) is 11.1. The first-order chi connectivity index (χ1) is 18.0. The summed E-state index contributed by atoms with van der Waals surface area (Å²) in [5, 5.41) is 13.9. The number of carbonyl (C=O) groups excluding carboxylic acids is 3. The first-order valence-electron chi connectivity index (χ1n) is 12.0. The van der Waals surface area contributed by atoms with E-state index in [0.29, 0.717) is 27.8 Å². The van der Waals surface area contributed by atoms with Gasteiger partial charge in [-0.05, 0) is 42.2 Å². The van der Waals surface area contributed by atoms with Crippen LogP contribution in [0.15, 0.2) is 66.7 Å². The van der Waals surface area contributed by atoms with E-state index in [9.17, 15) is 24.5 Å². The Hall–Kier alpha value is -3.75. The number of benzene rings is 3. The molecule has 4 aliphatic rings. The lowest BCUT2D eigenvalue weighted by Crippen LogP contribution is -2.57. The van der Waals surface area contributed by atoms with E-state index < -0.39 is 50.3 Å². The van der Waals surface area contributed by atoms with Crippen LogP contribution in [0.4, 0.5) is 11.4 Å². The molecule has 1 N–H and O–H groups in total. The fourth-order valence-electron chi connectivity index (χ4n) is 6.32. The van der Waals surface area contributed by atoms with Crippen LogP contribution in [0.2, 0.25) is 0 Å². The van der Waals surface area contributed by atoms with Gasteiger partial charge in [0.1, 0.15) is 15.8 Å². The number of aryl methyl sites for hydroxylation is 1. The van der Waals surface area contributed by atoms with Crippen LogP contribution >= 0.6 is 23.2 Å². The predicted octanol–water partition coefficient (Wildman–Crippen LogP) is 4.82. The van der Waals surface area contributed by atoms with Gasteiger partial charge in [0.05, 0.1) is 16.8 Å². The summed E-state index contributed by atoms with van der Waals surface area (Å²) in [6.07, 6.45) is 0. The van der Waals surface area contributed by atoms with E-state index in [2.05, 4.69) is 5.32 Å². The predicted molar refractivity (Wildman–Crippen MR) is 141 cm³/mol. The summed E-state index contributed by atoms with van der Waals surface area (Å²) in [7, 11) is 0. The zero-order valence-corrected chi connectivity index (χ0v) is 21.8. The van der Waals surface area contributed by atoms with E-state index in [0.717, 1.165) is 4.90 Å².